The summed E-state index contributed by atoms with van der Waals surface area (Å²) in [6.45, 7) is 2.06. The van der Waals surface area contributed by atoms with E-state index in [0.717, 1.165) is 84.2 Å². The van der Waals surface area contributed by atoms with Crippen molar-refractivity contribution in [3.05, 3.63) is 193 Å². The van der Waals surface area contributed by atoms with Gasteiger partial charge in [-0.25, -0.2) is 9.97 Å². The lowest BCUT2D eigenvalue weighted by Crippen LogP contribution is -2.04. The maximum absolute atomic E-state index is 13.6. The van der Waals surface area contributed by atoms with Gasteiger partial charge in [-0.3, -0.25) is 0 Å². The lowest BCUT2D eigenvalue weighted by molar-refractivity contribution is -0.137. The molecular weight excluding hydrogens is 686 g/mol. The zero-order chi connectivity index (χ0) is 37.5. The predicted molar refractivity (Wildman–Crippen MR) is 219 cm³/mol. The van der Waals surface area contributed by atoms with E-state index in [1.54, 1.807) is 0 Å². The van der Waals surface area contributed by atoms with Gasteiger partial charge in [0, 0.05) is 21.9 Å². The standard InChI is InChI=1S/C50H33F3N2/c1-32-12-14-39(15-13-32)46-30-44(37-20-16-35(17-21-37)33-8-4-2-5-9-33)42-28-29-43-45(38-22-18-36(19-23-38)34-10-6-3-7-11-34)31-47(55-49(43)48(42)54-46)40-24-26-41(27-25-40)50(51,52)53/h2-31H,1H3. The molecule has 9 rings (SSSR count). The van der Waals surface area contributed by atoms with Crippen molar-refractivity contribution in [2.45, 2.75) is 13.1 Å². The average molecular weight is 719 g/mol. The number of aryl methyl sites for hydroxylation is 1. The second-order valence-corrected chi connectivity index (χ2v) is 13.8. The van der Waals surface area contributed by atoms with Crippen LogP contribution in [0, 0.1) is 6.92 Å². The van der Waals surface area contributed by atoms with Crippen LogP contribution in [0.5, 0.6) is 0 Å². The Morgan fingerprint density at radius 1 is 0.364 bits per heavy atom. The first-order chi connectivity index (χ1) is 26.8. The summed E-state index contributed by atoms with van der Waals surface area (Å²) in [5, 5.41) is 1.83. The molecule has 0 spiro atoms. The van der Waals surface area contributed by atoms with Gasteiger partial charge < -0.3 is 0 Å². The molecule has 0 fully saturated rings. The Bertz CT molecular complexity index is 2790. The van der Waals surface area contributed by atoms with Gasteiger partial charge in [0.1, 0.15) is 0 Å². The molecule has 0 aliphatic heterocycles. The molecule has 55 heavy (non-hydrogen) atoms. The summed E-state index contributed by atoms with van der Waals surface area (Å²) in [5.41, 5.74) is 13.2. The number of nitrogens with zero attached hydrogens (tertiary/aromatic N) is 2. The zero-order valence-electron chi connectivity index (χ0n) is 29.8. The fourth-order valence-electron chi connectivity index (χ4n) is 7.25. The van der Waals surface area contributed by atoms with Crippen LogP contribution < -0.4 is 0 Å². The maximum Gasteiger partial charge on any atom is 0.416 e. The van der Waals surface area contributed by atoms with Gasteiger partial charge >= 0.3 is 6.18 Å². The SMILES string of the molecule is Cc1ccc(-c2cc(-c3ccc(-c4ccccc4)cc3)c3ccc4c(-c5ccc(-c6ccccc6)cc5)cc(-c5ccc(C(F)(F)F)cc5)nc4c3n2)cc1. The first kappa shape index (κ1) is 34.0. The largest absolute Gasteiger partial charge is 0.416 e. The number of benzene rings is 7. The summed E-state index contributed by atoms with van der Waals surface area (Å²) in [6, 6.07) is 59.3. The number of hydrogen-bond donors (Lipinski definition) is 0. The van der Waals surface area contributed by atoms with Crippen LogP contribution in [-0.2, 0) is 6.18 Å². The van der Waals surface area contributed by atoms with Crippen LogP contribution in [0.2, 0.25) is 0 Å². The molecule has 0 bridgehead atoms. The van der Waals surface area contributed by atoms with Crippen LogP contribution in [0.4, 0.5) is 13.2 Å². The molecule has 2 nitrogen and oxygen atoms in total. The van der Waals surface area contributed by atoms with Crippen molar-refractivity contribution in [3.63, 3.8) is 0 Å². The van der Waals surface area contributed by atoms with E-state index >= 15 is 0 Å². The van der Waals surface area contributed by atoms with Crippen molar-refractivity contribution in [2.75, 3.05) is 0 Å². The number of alkyl halides is 3. The Hall–Kier alpha value is -6.85. The monoisotopic (exact) mass is 718 g/mol. The molecule has 2 aromatic heterocycles. The van der Waals surface area contributed by atoms with Crippen LogP contribution in [0.1, 0.15) is 11.1 Å². The first-order valence-corrected chi connectivity index (χ1v) is 18.1. The maximum atomic E-state index is 13.6. The van der Waals surface area contributed by atoms with Gasteiger partial charge in [-0.2, -0.15) is 13.2 Å². The molecule has 0 radical (unpaired) electrons. The minimum absolute atomic E-state index is 0.562. The van der Waals surface area contributed by atoms with Gasteiger partial charge in [-0.05, 0) is 75.7 Å². The van der Waals surface area contributed by atoms with Crippen molar-refractivity contribution < 1.29 is 13.2 Å². The molecule has 7 aromatic carbocycles. The normalized spacial score (nSPS) is 11.6. The van der Waals surface area contributed by atoms with E-state index in [1.807, 2.05) is 42.5 Å². The Balaban J connectivity index is 1.29. The highest BCUT2D eigenvalue weighted by Crippen LogP contribution is 2.41. The summed E-state index contributed by atoms with van der Waals surface area (Å²) in [4.78, 5) is 10.5. The smallest absolute Gasteiger partial charge is 0.245 e. The van der Waals surface area contributed by atoms with Crippen LogP contribution in [0.25, 0.3) is 88.8 Å². The molecule has 0 aliphatic rings. The van der Waals surface area contributed by atoms with Gasteiger partial charge in [-0.15, -0.1) is 0 Å². The van der Waals surface area contributed by atoms with E-state index in [9.17, 15) is 13.2 Å². The Morgan fingerprint density at radius 2 is 0.709 bits per heavy atom. The summed E-state index contributed by atoms with van der Waals surface area (Å²) in [5.74, 6) is 0. The van der Waals surface area contributed by atoms with Crippen molar-refractivity contribution in [2.24, 2.45) is 0 Å². The second kappa shape index (κ2) is 13.9. The van der Waals surface area contributed by atoms with Crippen molar-refractivity contribution in [1.29, 1.82) is 0 Å². The molecule has 5 heteroatoms. The van der Waals surface area contributed by atoms with Crippen molar-refractivity contribution >= 4 is 21.8 Å². The van der Waals surface area contributed by atoms with Gasteiger partial charge in [0.25, 0.3) is 0 Å². The molecule has 9 aromatic rings. The molecule has 0 unspecified atom stereocenters. The van der Waals surface area contributed by atoms with E-state index in [0.29, 0.717) is 22.3 Å². The molecular formula is C50H33F3N2. The summed E-state index contributed by atoms with van der Waals surface area (Å²) < 4.78 is 40.8. The third-order valence-electron chi connectivity index (χ3n) is 10.2. The molecule has 0 N–H and O–H groups in total. The molecule has 0 saturated carbocycles. The van der Waals surface area contributed by atoms with Gasteiger partial charge in [-0.1, -0.05) is 163 Å². The van der Waals surface area contributed by atoms with Gasteiger partial charge in [0.2, 0.25) is 0 Å². The molecule has 0 atom stereocenters. The lowest BCUT2D eigenvalue weighted by Gasteiger charge is -2.16. The summed E-state index contributed by atoms with van der Waals surface area (Å²) in [7, 11) is 0. The lowest BCUT2D eigenvalue weighted by atomic mass is 9.92. The first-order valence-electron chi connectivity index (χ1n) is 18.1. The van der Waals surface area contributed by atoms with Crippen LogP contribution in [0.15, 0.2) is 182 Å². The van der Waals surface area contributed by atoms with Gasteiger partial charge in [0.05, 0.1) is 28.0 Å². The molecule has 0 saturated heterocycles. The van der Waals surface area contributed by atoms with E-state index < -0.39 is 11.7 Å². The zero-order valence-corrected chi connectivity index (χ0v) is 29.8. The molecule has 264 valence electrons. The fourth-order valence-corrected chi connectivity index (χ4v) is 7.25. The quantitative estimate of drug-likeness (QED) is 0.160. The van der Waals surface area contributed by atoms with Crippen LogP contribution >= 0.6 is 0 Å². The van der Waals surface area contributed by atoms with Gasteiger partial charge in [0.15, 0.2) is 0 Å². The highest BCUT2D eigenvalue weighted by atomic mass is 19.4. The van der Waals surface area contributed by atoms with E-state index in [-0.39, 0.29) is 0 Å². The topological polar surface area (TPSA) is 25.8 Å². The van der Waals surface area contributed by atoms with Crippen molar-refractivity contribution in [3.8, 4) is 67.0 Å². The molecule has 0 aliphatic carbocycles. The number of fused-ring (bicyclic) bond motifs is 3. The highest BCUT2D eigenvalue weighted by molar-refractivity contribution is 6.13. The predicted octanol–water partition coefficient (Wildman–Crippen LogP) is 14.1. The van der Waals surface area contributed by atoms with Crippen LogP contribution in [0.3, 0.4) is 0 Å². The molecule has 2 heterocycles. The second-order valence-electron chi connectivity index (χ2n) is 13.8. The minimum Gasteiger partial charge on any atom is -0.245 e. The Kier molecular flexibility index (Phi) is 8.55. The highest BCUT2D eigenvalue weighted by Gasteiger charge is 2.30. The third-order valence-corrected chi connectivity index (χ3v) is 10.2. The Morgan fingerprint density at radius 3 is 1.11 bits per heavy atom. The van der Waals surface area contributed by atoms with E-state index in [2.05, 4.69) is 122 Å². The van der Waals surface area contributed by atoms with Crippen molar-refractivity contribution in [1.82, 2.24) is 9.97 Å². The van der Waals surface area contributed by atoms with E-state index in [1.165, 1.54) is 12.1 Å². The summed E-state index contributed by atoms with van der Waals surface area (Å²) in [6.07, 6.45) is -4.44. The van der Waals surface area contributed by atoms with Crippen LogP contribution in [-0.4, -0.2) is 9.97 Å². The number of pyridine rings is 2. The average Bonchev–Trinajstić information content (AvgIpc) is 3.23. The van der Waals surface area contributed by atoms with E-state index in [4.69, 9.17) is 9.97 Å². The summed E-state index contributed by atoms with van der Waals surface area (Å²) >= 11 is 0. The molecule has 0 amide bonds. The Labute approximate surface area is 317 Å². The number of hydrogen-bond acceptors (Lipinski definition) is 2. The minimum atomic E-state index is -4.44. The number of rotatable bonds is 6. The fraction of sp³-hybridized carbons (Fsp3) is 0.0400. The third kappa shape index (κ3) is 6.66. The number of halogens is 3. The number of aromatic nitrogens is 2.